The first-order valence-electron chi connectivity index (χ1n) is 5.20. The molecule has 1 heterocycles. The average molecular weight is 199 g/mol. The molecule has 15 heavy (non-hydrogen) atoms. The van der Waals surface area contributed by atoms with Gasteiger partial charge in [0, 0.05) is 6.21 Å². The molecule has 2 rings (SSSR count). The third kappa shape index (κ3) is 1.89. The van der Waals surface area contributed by atoms with Crippen LogP contribution < -0.4 is 0 Å². The van der Waals surface area contributed by atoms with Gasteiger partial charge in [0.2, 0.25) is 0 Å². The molecule has 76 valence electrons. The molecular formula is C13H13NO. The summed E-state index contributed by atoms with van der Waals surface area (Å²) in [6, 6.07) is 9.74. The summed E-state index contributed by atoms with van der Waals surface area (Å²) in [5, 5.41) is 0. The Labute approximate surface area is 89.3 Å². The molecule has 0 spiro atoms. The van der Waals surface area contributed by atoms with Crippen molar-refractivity contribution in [1.29, 1.82) is 0 Å². The molecule has 2 nitrogen and oxygen atoms in total. The van der Waals surface area contributed by atoms with E-state index >= 15 is 0 Å². The van der Waals surface area contributed by atoms with Gasteiger partial charge in [0.15, 0.2) is 0 Å². The first kappa shape index (κ1) is 9.84. The highest BCUT2D eigenvalue weighted by atomic mass is 16.1. The molecule has 1 aromatic carbocycles. The summed E-state index contributed by atoms with van der Waals surface area (Å²) in [5.41, 5.74) is 2.81. The van der Waals surface area contributed by atoms with Crippen LogP contribution in [0.15, 0.2) is 40.9 Å². The summed E-state index contributed by atoms with van der Waals surface area (Å²) in [6.07, 6.45) is 3.65. The van der Waals surface area contributed by atoms with E-state index in [0.717, 1.165) is 29.6 Å². The largest absolute Gasteiger partial charge is 0.277 e. The second-order valence-corrected chi connectivity index (χ2v) is 3.58. The van der Waals surface area contributed by atoms with Crippen LogP contribution in [0.25, 0.3) is 5.57 Å². The Morgan fingerprint density at radius 2 is 1.93 bits per heavy atom. The lowest BCUT2D eigenvalue weighted by Gasteiger charge is -2.03. The monoisotopic (exact) mass is 199 g/mol. The Morgan fingerprint density at radius 3 is 2.60 bits per heavy atom. The maximum Gasteiger partial charge on any atom is 0.277 e. The number of carbonyl (C=O) groups excluding carboxylic acids is 1. The summed E-state index contributed by atoms with van der Waals surface area (Å²) in [7, 11) is 0. The van der Waals surface area contributed by atoms with Gasteiger partial charge in [-0.25, -0.2) is 4.99 Å². The standard InChI is InChI=1S/C13H13NO/c1-2-6-11-9-14-13(15)12(11)10-7-4-3-5-8-10/h3-5,7-9H,2,6H2,1H3. The fourth-order valence-corrected chi connectivity index (χ4v) is 1.78. The predicted octanol–water partition coefficient (Wildman–Crippen LogP) is 2.85. The highest BCUT2D eigenvalue weighted by molar-refractivity contribution is 6.30. The number of rotatable bonds is 3. The molecule has 0 saturated carbocycles. The summed E-state index contributed by atoms with van der Waals surface area (Å²) >= 11 is 0. The summed E-state index contributed by atoms with van der Waals surface area (Å²) < 4.78 is 0. The molecular weight excluding hydrogens is 186 g/mol. The van der Waals surface area contributed by atoms with Crippen LogP contribution in [0.2, 0.25) is 0 Å². The number of benzene rings is 1. The minimum Gasteiger partial charge on any atom is -0.267 e. The third-order valence-corrected chi connectivity index (χ3v) is 2.45. The van der Waals surface area contributed by atoms with Crippen LogP contribution in [0.3, 0.4) is 0 Å². The Balaban J connectivity index is 2.42. The zero-order valence-electron chi connectivity index (χ0n) is 8.73. The molecule has 0 N–H and O–H groups in total. The zero-order valence-corrected chi connectivity index (χ0v) is 8.73. The zero-order chi connectivity index (χ0) is 10.7. The van der Waals surface area contributed by atoms with Gasteiger partial charge < -0.3 is 0 Å². The Morgan fingerprint density at radius 1 is 1.20 bits per heavy atom. The molecule has 1 aliphatic heterocycles. The number of hydrogen-bond donors (Lipinski definition) is 0. The number of aliphatic imine (C=N–C) groups is 1. The van der Waals surface area contributed by atoms with Gasteiger partial charge in [-0.3, -0.25) is 4.79 Å². The van der Waals surface area contributed by atoms with Crippen molar-refractivity contribution < 1.29 is 4.79 Å². The van der Waals surface area contributed by atoms with Gasteiger partial charge in [-0.1, -0.05) is 43.7 Å². The summed E-state index contributed by atoms with van der Waals surface area (Å²) in [5.74, 6) is -0.107. The van der Waals surface area contributed by atoms with E-state index in [2.05, 4.69) is 11.9 Å². The summed E-state index contributed by atoms with van der Waals surface area (Å²) in [4.78, 5) is 15.5. The van der Waals surface area contributed by atoms with Crippen molar-refractivity contribution in [2.24, 2.45) is 4.99 Å². The smallest absolute Gasteiger partial charge is 0.267 e. The van der Waals surface area contributed by atoms with E-state index in [1.54, 1.807) is 6.21 Å². The minimum absolute atomic E-state index is 0.107. The molecule has 0 saturated heterocycles. The molecule has 0 aliphatic carbocycles. The van der Waals surface area contributed by atoms with Crippen LogP contribution >= 0.6 is 0 Å². The Bertz CT molecular complexity index is 429. The van der Waals surface area contributed by atoms with Gasteiger partial charge >= 0.3 is 0 Å². The molecule has 1 amide bonds. The van der Waals surface area contributed by atoms with Crippen LogP contribution in [0, 0.1) is 0 Å². The van der Waals surface area contributed by atoms with Gasteiger partial charge in [-0.2, -0.15) is 0 Å². The molecule has 0 atom stereocenters. The van der Waals surface area contributed by atoms with Crippen molar-refractivity contribution in [1.82, 2.24) is 0 Å². The molecule has 0 unspecified atom stereocenters. The SMILES string of the molecule is CCCC1=C(c2ccccc2)C(=O)N=C1. The third-order valence-electron chi connectivity index (χ3n) is 2.45. The highest BCUT2D eigenvalue weighted by Crippen LogP contribution is 2.25. The number of allylic oxidation sites excluding steroid dienone is 1. The maximum atomic E-state index is 11.6. The van der Waals surface area contributed by atoms with Crippen molar-refractivity contribution in [2.45, 2.75) is 19.8 Å². The van der Waals surface area contributed by atoms with Gasteiger partial charge in [-0.15, -0.1) is 0 Å². The first-order valence-corrected chi connectivity index (χ1v) is 5.20. The quantitative estimate of drug-likeness (QED) is 0.736. The van der Waals surface area contributed by atoms with Crippen molar-refractivity contribution in [3.8, 4) is 0 Å². The van der Waals surface area contributed by atoms with Gasteiger partial charge in [-0.05, 0) is 17.6 Å². The van der Waals surface area contributed by atoms with Crippen molar-refractivity contribution in [3.05, 3.63) is 41.5 Å². The van der Waals surface area contributed by atoms with Crippen LogP contribution in [0.5, 0.6) is 0 Å². The molecule has 1 aliphatic rings. The molecule has 1 aromatic rings. The summed E-state index contributed by atoms with van der Waals surface area (Å²) in [6.45, 7) is 2.10. The fourth-order valence-electron chi connectivity index (χ4n) is 1.78. The van der Waals surface area contributed by atoms with Crippen molar-refractivity contribution in [3.63, 3.8) is 0 Å². The van der Waals surface area contributed by atoms with Crippen LogP contribution in [-0.2, 0) is 4.79 Å². The van der Waals surface area contributed by atoms with Crippen LogP contribution in [0.1, 0.15) is 25.3 Å². The lowest BCUT2D eigenvalue weighted by molar-refractivity contribution is -0.112. The molecule has 0 aromatic heterocycles. The average Bonchev–Trinajstić information content (AvgIpc) is 2.62. The topological polar surface area (TPSA) is 29.4 Å². The van der Waals surface area contributed by atoms with E-state index in [0.29, 0.717) is 0 Å². The second kappa shape index (κ2) is 4.22. The molecule has 0 radical (unpaired) electrons. The predicted molar refractivity (Wildman–Crippen MR) is 61.8 cm³/mol. The highest BCUT2D eigenvalue weighted by Gasteiger charge is 2.19. The van der Waals surface area contributed by atoms with E-state index in [9.17, 15) is 4.79 Å². The van der Waals surface area contributed by atoms with E-state index in [1.165, 1.54) is 0 Å². The van der Waals surface area contributed by atoms with Crippen molar-refractivity contribution in [2.75, 3.05) is 0 Å². The lowest BCUT2D eigenvalue weighted by atomic mass is 9.99. The first-order chi connectivity index (χ1) is 7.33. The Hall–Kier alpha value is -1.70. The van der Waals surface area contributed by atoms with Gasteiger partial charge in [0.05, 0.1) is 5.57 Å². The van der Waals surface area contributed by atoms with Crippen LogP contribution in [0.4, 0.5) is 0 Å². The van der Waals surface area contributed by atoms with Crippen LogP contribution in [-0.4, -0.2) is 12.1 Å². The molecule has 0 fully saturated rings. The van der Waals surface area contributed by atoms with Gasteiger partial charge in [0.1, 0.15) is 0 Å². The number of hydrogen-bond acceptors (Lipinski definition) is 1. The van der Waals surface area contributed by atoms with E-state index in [-0.39, 0.29) is 5.91 Å². The second-order valence-electron chi connectivity index (χ2n) is 3.58. The van der Waals surface area contributed by atoms with Crippen molar-refractivity contribution >= 4 is 17.7 Å². The van der Waals surface area contributed by atoms with E-state index in [4.69, 9.17) is 0 Å². The van der Waals surface area contributed by atoms with E-state index < -0.39 is 0 Å². The maximum absolute atomic E-state index is 11.6. The number of nitrogens with zero attached hydrogens (tertiary/aromatic N) is 1. The lowest BCUT2D eigenvalue weighted by Crippen LogP contribution is -1.96. The minimum atomic E-state index is -0.107. The van der Waals surface area contributed by atoms with E-state index in [1.807, 2.05) is 30.3 Å². The molecule has 0 bridgehead atoms. The number of amides is 1. The van der Waals surface area contributed by atoms with Gasteiger partial charge in [0.25, 0.3) is 5.91 Å². The molecule has 2 heteroatoms. The fraction of sp³-hybridized carbons (Fsp3) is 0.231. The normalized spacial score (nSPS) is 15.1. The Kier molecular flexibility index (Phi) is 2.77. The number of carbonyl (C=O) groups is 1.